The molecule has 1 heterocycles. The van der Waals surface area contributed by atoms with Crippen LogP contribution in [0.2, 0.25) is 5.02 Å². The third-order valence-corrected chi connectivity index (χ3v) is 3.24. The van der Waals surface area contributed by atoms with Crippen LogP contribution in [0, 0.1) is 0 Å². The van der Waals surface area contributed by atoms with Crippen molar-refractivity contribution in [2.45, 2.75) is 6.42 Å². The molecule has 0 aliphatic carbocycles. The van der Waals surface area contributed by atoms with Crippen LogP contribution in [0.5, 0.6) is 0 Å². The zero-order chi connectivity index (χ0) is 13.0. The molecular weight excluding hydrogens is 252 g/mol. The maximum absolute atomic E-state index is 12.1. The summed E-state index contributed by atoms with van der Waals surface area (Å²) in [6.07, 6.45) is 0.899. The van der Waals surface area contributed by atoms with Crippen LogP contribution in [-0.4, -0.2) is 39.3 Å². The van der Waals surface area contributed by atoms with Crippen molar-refractivity contribution >= 4 is 23.2 Å². The molecule has 4 nitrogen and oxygen atoms in total. The Labute approximate surface area is 112 Å². The SMILES string of the molecule is COCCNCC(=O)N1CCc2ccc(Cl)cc21. The third kappa shape index (κ3) is 3.02. The standard InChI is InChI=1S/C13H17ClN2O2/c1-18-7-5-15-9-13(17)16-6-4-10-2-3-11(14)8-12(10)16/h2-3,8,15H,4-7,9H2,1H3. The Kier molecular flexibility index (Phi) is 4.58. The Balaban J connectivity index is 1.95. The fraction of sp³-hybridized carbons (Fsp3) is 0.462. The minimum absolute atomic E-state index is 0.0760. The highest BCUT2D eigenvalue weighted by Gasteiger charge is 2.24. The van der Waals surface area contributed by atoms with E-state index in [0.717, 1.165) is 18.7 Å². The number of hydrogen-bond acceptors (Lipinski definition) is 3. The zero-order valence-corrected chi connectivity index (χ0v) is 11.2. The molecule has 1 aliphatic heterocycles. The van der Waals surface area contributed by atoms with Crippen molar-refractivity contribution in [2.75, 3.05) is 38.3 Å². The lowest BCUT2D eigenvalue weighted by Gasteiger charge is -2.17. The fourth-order valence-electron chi connectivity index (χ4n) is 2.08. The lowest BCUT2D eigenvalue weighted by Crippen LogP contribution is -2.38. The number of carbonyl (C=O) groups is 1. The molecule has 1 aliphatic rings. The Hall–Kier alpha value is -1.10. The van der Waals surface area contributed by atoms with Gasteiger partial charge in [0.05, 0.1) is 13.2 Å². The normalized spacial score (nSPS) is 13.8. The Bertz CT molecular complexity index is 437. The van der Waals surface area contributed by atoms with Crippen LogP contribution in [0.4, 0.5) is 5.69 Å². The van der Waals surface area contributed by atoms with Gasteiger partial charge in [0.25, 0.3) is 0 Å². The highest BCUT2D eigenvalue weighted by Crippen LogP contribution is 2.30. The monoisotopic (exact) mass is 268 g/mol. The van der Waals surface area contributed by atoms with Gasteiger partial charge in [0.2, 0.25) is 5.91 Å². The molecule has 18 heavy (non-hydrogen) atoms. The van der Waals surface area contributed by atoms with Crippen LogP contribution in [-0.2, 0) is 16.0 Å². The summed E-state index contributed by atoms with van der Waals surface area (Å²) in [6, 6.07) is 5.71. The molecule has 98 valence electrons. The number of carbonyl (C=O) groups excluding carboxylic acids is 1. The summed E-state index contributed by atoms with van der Waals surface area (Å²) in [5, 5.41) is 3.73. The first-order valence-corrected chi connectivity index (χ1v) is 6.38. The molecule has 1 aromatic rings. The van der Waals surface area contributed by atoms with Gasteiger partial charge < -0.3 is 15.0 Å². The largest absolute Gasteiger partial charge is 0.383 e. The maximum atomic E-state index is 12.1. The average Bonchev–Trinajstić information content (AvgIpc) is 2.77. The first-order chi connectivity index (χ1) is 8.72. The first-order valence-electron chi connectivity index (χ1n) is 6.01. The van der Waals surface area contributed by atoms with E-state index in [4.69, 9.17) is 16.3 Å². The molecule has 0 saturated heterocycles. The number of fused-ring (bicyclic) bond motifs is 1. The van der Waals surface area contributed by atoms with Gasteiger partial charge >= 0.3 is 0 Å². The van der Waals surface area contributed by atoms with Gasteiger partial charge in [-0.2, -0.15) is 0 Å². The number of rotatable bonds is 5. The second kappa shape index (κ2) is 6.18. The molecule has 0 atom stereocenters. The molecule has 1 amide bonds. The predicted octanol–water partition coefficient (Wildman–Crippen LogP) is 1.47. The van der Waals surface area contributed by atoms with Gasteiger partial charge in [0.1, 0.15) is 0 Å². The molecule has 0 aromatic heterocycles. The van der Waals surface area contributed by atoms with E-state index < -0.39 is 0 Å². The van der Waals surface area contributed by atoms with E-state index in [0.29, 0.717) is 24.7 Å². The van der Waals surface area contributed by atoms with E-state index >= 15 is 0 Å². The summed E-state index contributed by atoms with van der Waals surface area (Å²) in [5.41, 5.74) is 2.13. The lowest BCUT2D eigenvalue weighted by atomic mass is 10.2. The van der Waals surface area contributed by atoms with Gasteiger partial charge in [-0.3, -0.25) is 4.79 Å². The molecule has 0 fully saturated rings. The topological polar surface area (TPSA) is 41.6 Å². The van der Waals surface area contributed by atoms with Crippen molar-refractivity contribution in [1.29, 1.82) is 0 Å². The van der Waals surface area contributed by atoms with E-state index in [1.54, 1.807) is 12.0 Å². The summed E-state index contributed by atoms with van der Waals surface area (Å²) >= 11 is 5.97. The van der Waals surface area contributed by atoms with E-state index in [-0.39, 0.29) is 5.91 Å². The second-order valence-corrected chi connectivity index (χ2v) is 4.67. The first kappa shape index (κ1) is 13.3. The Morgan fingerprint density at radius 1 is 1.56 bits per heavy atom. The van der Waals surface area contributed by atoms with E-state index in [1.165, 1.54) is 5.56 Å². The fourth-order valence-corrected chi connectivity index (χ4v) is 2.24. The maximum Gasteiger partial charge on any atom is 0.240 e. The minimum Gasteiger partial charge on any atom is -0.383 e. The van der Waals surface area contributed by atoms with Crippen LogP contribution in [0.15, 0.2) is 18.2 Å². The van der Waals surface area contributed by atoms with Crippen molar-refractivity contribution in [2.24, 2.45) is 0 Å². The number of ether oxygens (including phenoxy) is 1. The minimum atomic E-state index is 0.0760. The second-order valence-electron chi connectivity index (χ2n) is 4.24. The van der Waals surface area contributed by atoms with Gasteiger partial charge in [-0.25, -0.2) is 0 Å². The number of methoxy groups -OCH3 is 1. The molecular formula is C13H17ClN2O2. The molecule has 0 saturated carbocycles. The van der Waals surface area contributed by atoms with Gasteiger partial charge in [0, 0.05) is 30.9 Å². The van der Waals surface area contributed by atoms with Crippen LogP contribution in [0.25, 0.3) is 0 Å². The number of amides is 1. The van der Waals surface area contributed by atoms with Crippen molar-refractivity contribution in [1.82, 2.24) is 5.32 Å². The van der Waals surface area contributed by atoms with Gasteiger partial charge in [0.15, 0.2) is 0 Å². The van der Waals surface area contributed by atoms with Crippen LogP contribution in [0.3, 0.4) is 0 Å². The number of hydrogen-bond donors (Lipinski definition) is 1. The van der Waals surface area contributed by atoms with Crippen molar-refractivity contribution in [3.8, 4) is 0 Å². The molecule has 0 spiro atoms. The van der Waals surface area contributed by atoms with E-state index in [9.17, 15) is 4.79 Å². The molecule has 1 N–H and O–H groups in total. The lowest BCUT2D eigenvalue weighted by molar-refractivity contribution is -0.117. The van der Waals surface area contributed by atoms with Gasteiger partial charge in [-0.05, 0) is 24.1 Å². The molecule has 1 aromatic carbocycles. The average molecular weight is 269 g/mol. The number of anilines is 1. The number of nitrogens with one attached hydrogen (secondary N) is 1. The summed E-state index contributed by atoms with van der Waals surface area (Å²) in [7, 11) is 1.64. The number of halogens is 1. The molecule has 2 rings (SSSR count). The van der Waals surface area contributed by atoms with Crippen LogP contribution >= 0.6 is 11.6 Å². The zero-order valence-electron chi connectivity index (χ0n) is 10.4. The predicted molar refractivity (Wildman–Crippen MR) is 72.3 cm³/mol. The summed E-state index contributed by atoms with van der Waals surface area (Å²) in [4.78, 5) is 13.9. The quantitative estimate of drug-likeness (QED) is 0.823. The summed E-state index contributed by atoms with van der Waals surface area (Å²) < 4.78 is 4.92. The van der Waals surface area contributed by atoms with Gasteiger partial charge in [-0.15, -0.1) is 0 Å². The number of benzene rings is 1. The van der Waals surface area contributed by atoms with E-state index in [2.05, 4.69) is 5.32 Å². The molecule has 5 heteroatoms. The summed E-state index contributed by atoms with van der Waals surface area (Å²) in [5.74, 6) is 0.0760. The molecule has 0 radical (unpaired) electrons. The van der Waals surface area contributed by atoms with Gasteiger partial charge in [-0.1, -0.05) is 17.7 Å². The summed E-state index contributed by atoms with van der Waals surface area (Å²) in [6.45, 7) is 2.35. The van der Waals surface area contributed by atoms with Crippen LogP contribution in [0.1, 0.15) is 5.56 Å². The molecule has 0 bridgehead atoms. The Morgan fingerprint density at radius 3 is 3.17 bits per heavy atom. The van der Waals surface area contributed by atoms with Crippen molar-refractivity contribution < 1.29 is 9.53 Å². The Morgan fingerprint density at radius 2 is 2.39 bits per heavy atom. The third-order valence-electron chi connectivity index (χ3n) is 3.00. The van der Waals surface area contributed by atoms with Crippen molar-refractivity contribution in [3.63, 3.8) is 0 Å². The molecule has 0 unspecified atom stereocenters. The highest BCUT2D eigenvalue weighted by molar-refractivity contribution is 6.31. The van der Waals surface area contributed by atoms with E-state index in [1.807, 2.05) is 18.2 Å². The van der Waals surface area contributed by atoms with Crippen molar-refractivity contribution in [3.05, 3.63) is 28.8 Å². The van der Waals surface area contributed by atoms with Crippen LogP contribution < -0.4 is 10.2 Å². The number of nitrogens with zero attached hydrogens (tertiary/aromatic N) is 1. The highest BCUT2D eigenvalue weighted by atomic mass is 35.5. The smallest absolute Gasteiger partial charge is 0.240 e.